The monoisotopic (exact) mass is 254 g/mol. The first kappa shape index (κ1) is 13.3. The van der Waals surface area contributed by atoms with Gasteiger partial charge in [0, 0.05) is 0 Å². The molecule has 0 bridgehead atoms. The number of nitriles is 1. The Hall–Kier alpha value is -2.15. The summed E-state index contributed by atoms with van der Waals surface area (Å²) in [5, 5.41) is 17.1. The third kappa shape index (κ3) is 3.19. The molecule has 0 aliphatic rings. The van der Waals surface area contributed by atoms with Gasteiger partial charge in [0.05, 0.1) is 12.2 Å². The van der Waals surface area contributed by atoms with E-state index in [2.05, 4.69) is 61.4 Å². The molecule has 2 aromatic rings. The largest absolute Gasteiger partial charge is 0.244 e. The molecule has 4 heteroatoms. The molecule has 0 N–H and O–H groups in total. The number of aryl methyl sites for hydroxylation is 1. The molecule has 0 saturated carbocycles. The van der Waals surface area contributed by atoms with Crippen LogP contribution in [0.3, 0.4) is 0 Å². The van der Waals surface area contributed by atoms with Gasteiger partial charge in [0.15, 0.2) is 5.69 Å². The van der Waals surface area contributed by atoms with Gasteiger partial charge in [-0.25, -0.2) is 4.68 Å². The zero-order valence-corrected chi connectivity index (χ0v) is 11.6. The van der Waals surface area contributed by atoms with Crippen LogP contribution < -0.4 is 0 Å². The lowest BCUT2D eigenvalue weighted by molar-refractivity contribution is 0.564. The fraction of sp³-hybridized carbons (Fsp3) is 0.400. The molecule has 1 heterocycles. The first-order valence-electron chi connectivity index (χ1n) is 6.48. The van der Waals surface area contributed by atoms with Crippen molar-refractivity contribution in [3.8, 4) is 6.07 Å². The zero-order chi connectivity index (χ0) is 13.8. The zero-order valence-electron chi connectivity index (χ0n) is 11.6. The maximum atomic E-state index is 9.08. The molecule has 4 nitrogen and oxygen atoms in total. The Kier molecular flexibility index (Phi) is 3.96. The van der Waals surface area contributed by atoms with Gasteiger partial charge in [-0.2, -0.15) is 5.26 Å². The maximum absolute atomic E-state index is 9.08. The Balaban J connectivity index is 2.27. The lowest BCUT2D eigenvalue weighted by atomic mass is 10.1. The van der Waals surface area contributed by atoms with E-state index in [4.69, 9.17) is 5.26 Å². The standard InChI is InChI=1S/C15H18N4/c1-11(2)8-15-14(9-16)17-18-19(15)10-13-6-4-12(3)5-7-13/h4-7,11H,8,10H2,1-3H3. The van der Waals surface area contributed by atoms with E-state index in [1.165, 1.54) is 11.1 Å². The van der Waals surface area contributed by atoms with Crippen molar-refractivity contribution >= 4 is 0 Å². The molecule has 0 atom stereocenters. The van der Waals surface area contributed by atoms with Crippen molar-refractivity contribution in [1.29, 1.82) is 5.26 Å². The molecule has 1 aromatic carbocycles. The van der Waals surface area contributed by atoms with Crippen LogP contribution in [0.25, 0.3) is 0 Å². The van der Waals surface area contributed by atoms with Crippen LogP contribution in [-0.2, 0) is 13.0 Å². The lowest BCUT2D eigenvalue weighted by Crippen LogP contribution is -2.09. The number of hydrogen-bond donors (Lipinski definition) is 0. The molecular formula is C15H18N4. The molecule has 0 aliphatic heterocycles. The van der Waals surface area contributed by atoms with Crippen LogP contribution in [0.5, 0.6) is 0 Å². The summed E-state index contributed by atoms with van der Waals surface area (Å²) < 4.78 is 1.84. The second-order valence-corrected chi connectivity index (χ2v) is 5.24. The topological polar surface area (TPSA) is 54.5 Å². The van der Waals surface area contributed by atoms with E-state index in [0.717, 1.165) is 12.1 Å². The van der Waals surface area contributed by atoms with E-state index in [1.54, 1.807) is 0 Å². The number of rotatable bonds is 4. The Morgan fingerprint density at radius 1 is 1.26 bits per heavy atom. The van der Waals surface area contributed by atoms with Crippen LogP contribution in [0, 0.1) is 24.2 Å². The molecular weight excluding hydrogens is 236 g/mol. The average molecular weight is 254 g/mol. The van der Waals surface area contributed by atoms with Crippen molar-refractivity contribution in [3.05, 3.63) is 46.8 Å². The summed E-state index contributed by atoms with van der Waals surface area (Å²) in [6.45, 7) is 6.99. The Bertz CT molecular complexity index is 588. The van der Waals surface area contributed by atoms with Crippen LogP contribution in [0.15, 0.2) is 24.3 Å². The minimum atomic E-state index is 0.445. The highest BCUT2D eigenvalue weighted by Gasteiger charge is 2.14. The normalized spacial score (nSPS) is 10.7. The second-order valence-electron chi connectivity index (χ2n) is 5.24. The van der Waals surface area contributed by atoms with E-state index in [0.29, 0.717) is 18.2 Å². The summed E-state index contributed by atoms with van der Waals surface area (Å²) in [5.74, 6) is 0.474. The van der Waals surface area contributed by atoms with Crippen LogP contribution in [-0.4, -0.2) is 15.0 Å². The smallest absolute Gasteiger partial charge is 0.185 e. The van der Waals surface area contributed by atoms with Crippen LogP contribution in [0.4, 0.5) is 0 Å². The Morgan fingerprint density at radius 2 is 1.95 bits per heavy atom. The van der Waals surface area contributed by atoms with Gasteiger partial charge < -0.3 is 0 Å². The lowest BCUT2D eigenvalue weighted by Gasteiger charge is -2.09. The second kappa shape index (κ2) is 5.66. The van der Waals surface area contributed by atoms with Crippen LogP contribution in [0.1, 0.15) is 36.4 Å². The molecule has 0 unspecified atom stereocenters. The first-order chi connectivity index (χ1) is 9.10. The third-order valence-corrected chi connectivity index (χ3v) is 3.00. The summed E-state index contributed by atoms with van der Waals surface area (Å²) in [6, 6.07) is 10.5. The number of benzene rings is 1. The summed E-state index contributed by atoms with van der Waals surface area (Å²) in [7, 11) is 0. The van der Waals surface area contributed by atoms with Gasteiger partial charge in [-0.3, -0.25) is 0 Å². The molecule has 0 amide bonds. The summed E-state index contributed by atoms with van der Waals surface area (Å²) in [5.41, 5.74) is 3.78. The predicted octanol–water partition coefficient (Wildman–Crippen LogP) is 2.71. The maximum Gasteiger partial charge on any atom is 0.185 e. The summed E-state index contributed by atoms with van der Waals surface area (Å²) in [6.07, 6.45) is 0.821. The predicted molar refractivity (Wildman–Crippen MR) is 73.6 cm³/mol. The molecule has 0 saturated heterocycles. The fourth-order valence-electron chi connectivity index (χ4n) is 2.00. The quantitative estimate of drug-likeness (QED) is 0.843. The SMILES string of the molecule is Cc1ccc(Cn2nnc(C#N)c2CC(C)C)cc1. The van der Waals surface area contributed by atoms with Crippen molar-refractivity contribution < 1.29 is 0 Å². The summed E-state index contributed by atoms with van der Waals surface area (Å²) >= 11 is 0. The highest BCUT2D eigenvalue weighted by molar-refractivity contribution is 5.27. The van der Waals surface area contributed by atoms with Crippen molar-refractivity contribution in [3.63, 3.8) is 0 Å². The van der Waals surface area contributed by atoms with Crippen LogP contribution >= 0.6 is 0 Å². The van der Waals surface area contributed by atoms with Gasteiger partial charge in [0.1, 0.15) is 6.07 Å². The molecule has 1 aromatic heterocycles. The van der Waals surface area contributed by atoms with Gasteiger partial charge in [0.25, 0.3) is 0 Å². The van der Waals surface area contributed by atoms with Gasteiger partial charge >= 0.3 is 0 Å². The molecule has 2 rings (SSSR count). The van der Waals surface area contributed by atoms with Gasteiger partial charge in [0.2, 0.25) is 0 Å². The van der Waals surface area contributed by atoms with E-state index < -0.39 is 0 Å². The van der Waals surface area contributed by atoms with Gasteiger partial charge in [-0.15, -0.1) is 5.10 Å². The molecule has 19 heavy (non-hydrogen) atoms. The van der Waals surface area contributed by atoms with E-state index >= 15 is 0 Å². The minimum Gasteiger partial charge on any atom is -0.244 e. The number of nitrogens with zero attached hydrogens (tertiary/aromatic N) is 4. The van der Waals surface area contributed by atoms with E-state index in [-0.39, 0.29) is 0 Å². The number of aromatic nitrogens is 3. The average Bonchev–Trinajstić information content (AvgIpc) is 2.74. The highest BCUT2D eigenvalue weighted by atomic mass is 15.4. The minimum absolute atomic E-state index is 0.445. The van der Waals surface area contributed by atoms with Gasteiger partial charge in [-0.05, 0) is 24.8 Å². The molecule has 0 aliphatic carbocycles. The van der Waals surface area contributed by atoms with E-state index in [1.807, 2.05) is 4.68 Å². The van der Waals surface area contributed by atoms with Crippen molar-refractivity contribution in [2.75, 3.05) is 0 Å². The Labute approximate surface area is 113 Å². The third-order valence-electron chi connectivity index (χ3n) is 3.00. The van der Waals surface area contributed by atoms with Gasteiger partial charge in [-0.1, -0.05) is 48.9 Å². The van der Waals surface area contributed by atoms with Crippen molar-refractivity contribution in [2.24, 2.45) is 5.92 Å². The summed E-state index contributed by atoms with van der Waals surface area (Å²) in [4.78, 5) is 0. The van der Waals surface area contributed by atoms with Crippen LogP contribution in [0.2, 0.25) is 0 Å². The van der Waals surface area contributed by atoms with E-state index in [9.17, 15) is 0 Å². The number of hydrogen-bond acceptors (Lipinski definition) is 3. The molecule has 0 spiro atoms. The Morgan fingerprint density at radius 3 is 2.53 bits per heavy atom. The highest BCUT2D eigenvalue weighted by Crippen LogP contribution is 2.13. The molecule has 98 valence electrons. The first-order valence-corrected chi connectivity index (χ1v) is 6.48. The molecule has 0 fully saturated rings. The van der Waals surface area contributed by atoms with Crippen molar-refractivity contribution in [1.82, 2.24) is 15.0 Å². The molecule has 0 radical (unpaired) electrons. The van der Waals surface area contributed by atoms with Crippen molar-refractivity contribution in [2.45, 2.75) is 33.7 Å². The fourth-order valence-corrected chi connectivity index (χ4v) is 2.00.